The summed E-state index contributed by atoms with van der Waals surface area (Å²) in [6.45, 7) is 2.80. The number of amides is 2. The molecule has 0 spiro atoms. The van der Waals surface area contributed by atoms with Crippen LogP contribution in [0.1, 0.15) is 34.2 Å². The van der Waals surface area contributed by atoms with Gasteiger partial charge in [0, 0.05) is 29.8 Å². The van der Waals surface area contributed by atoms with E-state index < -0.39 is 0 Å². The monoisotopic (exact) mass is 427 g/mol. The van der Waals surface area contributed by atoms with Gasteiger partial charge < -0.3 is 14.5 Å². The van der Waals surface area contributed by atoms with Crippen LogP contribution in [0.3, 0.4) is 0 Å². The molecule has 9 heteroatoms. The number of nitrogens with one attached hydrogen (secondary N) is 4. The van der Waals surface area contributed by atoms with Gasteiger partial charge in [-0.05, 0) is 30.7 Å². The second-order valence-corrected chi connectivity index (χ2v) is 7.37. The van der Waals surface area contributed by atoms with Crippen molar-refractivity contribution in [1.82, 2.24) is 24.5 Å². The number of carbonyl (C=O) groups excluding carboxylic acids is 2. The Morgan fingerprint density at radius 2 is 1.88 bits per heavy atom. The van der Waals surface area contributed by atoms with Crippen LogP contribution in [0.15, 0.2) is 60.9 Å². The third kappa shape index (κ3) is 3.49. The zero-order chi connectivity index (χ0) is 22.1. The van der Waals surface area contributed by atoms with Gasteiger partial charge in [-0.2, -0.15) is 0 Å². The van der Waals surface area contributed by atoms with Crippen molar-refractivity contribution < 1.29 is 9.59 Å². The number of para-hydroxylation sites is 2. The largest absolute Gasteiger partial charge is 0.336 e. The van der Waals surface area contributed by atoms with Crippen molar-refractivity contribution in [2.24, 2.45) is 0 Å². The van der Waals surface area contributed by atoms with E-state index in [0.29, 0.717) is 28.2 Å². The van der Waals surface area contributed by atoms with Gasteiger partial charge in [-0.25, -0.2) is 9.97 Å². The van der Waals surface area contributed by atoms with Crippen molar-refractivity contribution in [3.05, 3.63) is 72.2 Å². The lowest BCUT2D eigenvalue weighted by Gasteiger charge is -2.08. The fourth-order valence-corrected chi connectivity index (χ4v) is 3.82. The normalized spacial score (nSPS) is 11.2. The molecule has 0 saturated carbocycles. The number of fused-ring (bicyclic) bond motifs is 2. The molecule has 9 nitrogen and oxygen atoms in total. The topological polar surface area (TPSA) is 120 Å². The van der Waals surface area contributed by atoms with Gasteiger partial charge in [-0.3, -0.25) is 20.2 Å². The Balaban J connectivity index is 1.45. The maximum atomic E-state index is 13.1. The van der Waals surface area contributed by atoms with Crippen LogP contribution in [0.2, 0.25) is 0 Å². The molecule has 0 aliphatic heterocycles. The van der Waals surface area contributed by atoms with E-state index >= 15 is 0 Å². The zero-order valence-electron chi connectivity index (χ0n) is 17.3. The van der Waals surface area contributed by atoms with E-state index in [0.717, 1.165) is 23.9 Å². The highest BCUT2D eigenvalue weighted by atomic mass is 16.2. The van der Waals surface area contributed by atoms with E-state index in [2.05, 4.69) is 37.5 Å². The summed E-state index contributed by atoms with van der Waals surface area (Å²) in [7, 11) is 0. The number of carbonyl (C=O) groups is 2. The van der Waals surface area contributed by atoms with Crippen molar-refractivity contribution in [2.45, 2.75) is 19.9 Å². The van der Waals surface area contributed by atoms with Crippen molar-refractivity contribution in [1.29, 1.82) is 0 Å². The van der Waals surface area contributed by atoms with Gasteiger partial charge >= 0.3 is 0 Å². The summed E-state index contributed by atoms with van der Waals surface area (Å²) in [5.41, 5.74) is 3.04. The minimum Gasteiger partial charge on any atom is -0.336 e. The Kier molecular flexibility index (Phi) is 4.91. The Hall–Kier alpha value is -4.40. The van der Waals surface area contributed by atoms with Crippen molar-refractivity contribution in [3.8, 4) is 0 Å². The van der Waals surface area contributed by atoms with E-state index in [1.165, 1.54) is 0 Å². The first-order valence-electron chi connectivity index (χ1n) is 10.3. The van der Waals surface area contributed by atoms with E-state index in [1.807, 2.05) is 34.9 Å². The first kappa shape index (κ1) is 19.6. The van der Waals surface area contributed by atoms with Gasteiger partial charge in [0.25, 0.3) is 11.8 Å². The first-order valence-corrected chi connectivity index (χ1v) is 10.3. The Morgan fingerprint density at radius 3 is 2.69 bits per heavy atom. The van der Waals surface area contributed by atoms with E-state index in [-0.39, 0.29) is 17.8 Å². The predicted molar refractivity (Wildman–Crippen MR) is 123 cm³/mol. The van der Waals surface area contributed by atoms with Crippen LogP contribution in [-0.2, 0) is 6.54 Å². The van der Waals surface area contributed by atoms with Crippen LogP contribution in [0.4, 0.5) is 11.9 Å². The molecule has 0 unspecified atom stereocenters. The van der Waals surface area contributed by atoms with Crippen LogP contribution in [0.5, 0.6) is 0 Å². The number of hydrogen-bond donors (Lipinski definition) is 4. The number of H-pyrrole nitrogens is 2. The summed E-state index contributed by atoms with van der Waals surface area (Å²) in [5, 5.41) is 6.54. The predicted octanol–water partition coefficient (Wildman–Crippen LogP) is 4.16. The highest BCUT2D eigenvalue weighted by molar-refractivity contribution is 6.12. The third-order valence-electron chi connectivity index (χ3n) is 5.21. The minimum absolute atomic E-state index is 0.268. The van der Waals surface area contributed by atoms with Crippen LogP contribution in [0.25, 0.3) is 21.9 Å². The summed E-state index contributed by atoms with van der Waals surface area (Å²) in [5.74, 6) is 0.00432. The number of nitrogens with zero attached hydrogens (tertiary/aromatic N) is 3. The summed E-state index contributed by atoms with van der Waals surface area (Å²) in [6.07, 6.45) is 4.07. The smallest absolute Gasteiger partial charge is 0.274 e. The van der Waals surface area contributed by atoms with Crippen LogP contribution in [0, 0.1) is 0 Å². The van der Waals surface area contributed by atoms with Gasteiger partial charge in [0.15, 0.2) is 0 Å². The number of hydrogen-bond acceptors (Lipinski definition) is 4. The van der Waals surface area contributed by atoms with Crippen molar-refractivity contribution in [3.63, 3.8) is 0 Å². The maximum absolute atomic E-state index is 13.1. The van der Waals surface area contributed by atoms with Gasteiger partial charge in [0.05, 0.1) is 11.1 Å². The van der Waals surface area contributed by atoms with E-state index in [1.54, 1.807) is 30.6 Å². The number of aromatic amines is 2. The molecule has 3 heterocycles. The van der Waals surface area contributed by atoms with Crippen LogP contribution in [-0.4, -0.2) is 36.3 Å². The van der Waals surface area contributed by atoms with E-state index in [4.69, 9.17) is 0 Å². The number of benzene rings is 2. The Bertz CT molecular complexity index is 1430. The molecule has 0 atom stereocenters. The summed E-state index contributed by atoms with van der Waals surface area (Å²) in [4.78, 5) is 40.2. The van der Waals surface area contributed by atoms with E-state index in [9.17, 15) is 9.59 Å². The lowest BCUT2D eigenvalue weighted by molar-refractivity contribution is 0.101. The molecular weight excluding hydrogens is 406 g/mol. The Morgan fingerprint density at radius 1 is 1.03 bits per heavy atom. The molecule has 0 radical (unpaired) electrons. The molecule has 0 aliphatic rings. The fraction of sp³-hybridized carbons (Fsp3) is 0.130. The summed E-state index contributed by atoms with van der Waals surface area (Å²) < 4.78 is 2.01. The molecule has 160 valence electrons. The van der Waals surface area contributed by atoms with Crippen LogP contribution < -0.4 is 10.6 Å². The molecule has 4 N–H and O–H groups in total. The number of aromatic nitrogens is 5. The molecule has 0 fully saturated rings. The third-order valence-corrected chi connectivity index (χ3v) is 5.21. The lowest BCUT2D eigenvalue weighted by Crippen LogP contribution is -2.17. The van der Waals surface area contributed by atoms with Crippen LogP contribution >= 0.6 is 0 Å². The molecule has 5 aromatic rings. The molecule has 3 aromatic heterocycles. The molecule has 0 aliphatic carbocycles. The Labute approximate surface area is 182 Å². The van der Waals surface area contributed by atoms with Gasteiger partial charge in [-0.1, -0.05) is 31.2 Å². The lowest BCUT2D eigenvalue weighted by atomic mass is 10.2. The minimum atomic E-state index is -0.349. The molecule has 0 saturated heterocycles. The molecule has 2 aromatic carbocycles. The van der Waals surface area contributed by atoms with Gasteiger partial charge in [-0.15, -0.1) is 0 Å². The summed E-state index contributed by atoms with van der Waals surface area (Å²) >= 11 is 0. The highest BCUT2D eigenvalue weighted by Crippen LogP contribution is 2.23. The molecule has 2 amide bonds. The number of rotatable bonds is 6. The summed E-state index contributed by atoms with van der Waals surface area (Å²) in [6, 6.07) is 15.0. The van der Waals surface area contributed by atoms with Gasteiger partial charge in [0.1, 0.15) is 11.2 Å². The second-order valence-electron chi connectivity index (χ2n) is 7.37. The molecule has 32 heavy (non-hydrogen) atoms. The fourth-order valence-electron chi connectivity index (χ4n) is 3.82. The molecule has 5 rings (SSSR count). The zero-order valence-corrected chi connectivity index (χ0v) is 17.3. The quantitative estimate of drug-likeness (QED) is 0.325. The SMILES string of the molecule is CCCn1c(C(=O)Nc2nc3c(C(=O)Nc4ncc[nH]4)cccc3[nH]2)cc2ccccc21. The maximum Gasteiger partial charge on any atom is 0.274 e. The second kappa shape index (κ2) is 8.03. The van der Waals surface area contributed by atoms with Gasteiger partial charge in [0.2, 0.25) is 11.9 Å². The average Bonchev–Trinajstić information content (AvgIpc) is 3.52. The average molecular weight is 427 g/mol. The first-order chi connectivity index (χ1) is 15.6. The molecular formula is C23H21N7O2. The van der Waals surface area contributed by atoms with Crippen molar-refractivity contribution >= 4 is 45.6 Å². The highest BCUT2D eigenvalue weighted by Gasteiger charge is 2.19. The molecule has 0 bridgehead atoms. The number of imidazole rings is 2. The standard InChI is InChI=1S/C23H21N7O2/c1-2-12-30-17-9-4-3-6-14(17)13-18(30)21(32)29-23-26-16-8-5-7-15(19(16)27-23)20(31)28-22-24-10-11-25-22/h3-11,13H,2,12H2,1H3,(H2,24,25,28,31)(H2,26,27,29,32). The number of anilines is 2. The van der Waals surface area contributed by atoms with Crippen molar-refractivity contribution in [2.75, 3.05) is 10.6 Å². The number of aryl methyl sites for hydroxylation is 1.